The van der Waals surface area contributed by atoms with Crippen LogP contribution >= 0.6 is 23.1 Å². The molecule has 124 valence electrons. The van der Waals surface area contributed by atoms with Gasteiger partial charge in [0.05, 0.1) is 17.6 Å². The zero-order chi connectivity index (χ0) is 15.6. The van der Waals surface area contributed by atoms with Gasteiger partial charge in [0, 0.05) is 10.6 Å². The molecule has 1 fully saturated rings. The molecule has 5 nitrogen and oxygen atoms in total. The predicted octanol–water partition coefficient (Wildman–Crippen LogP) is 3.78. The standard InChI is InChI=1S/C16H20N2O3S2/c1-10-2-3-13-11(6-10)7-14(23-13)15-17-18-16(21-15)22-8-12-4-5-19-9-20-12/h7,10,12H,2-6,8-9H2,1H3/t10-,12-/m1/s1. The Morgan fingerprint density at radius 2 is 2.30 bits per heavy atom. The van der Waals surface area contributed by atoms with Crippen LogP contribution in [0.25, 0.3) is 10.8 Å². The quantitative estimate of drug-likeness (QED) is 0.781. The first-order valence-corrected chi connectivity index (χ1v) is 9.86. The van der Waals surface area contributed by atoms with Crippen LogP contribution in [0.3, 0.4) is 0 Å². The Kier molecular flexibility index (Phi) is 4.71. The first-order valence-electron chi connectivity index (χ1n) is 8.05. The summed E-state index contributed by atoms with van der Waals surface area (Å²) >= 11 is 3.36. The lowest BCUT2D eigenvalue weighted by atomic mass is 9.90. The molecule has 2 aliphatic rings. The molecule has 1 saturated heterocycles. The van der Waals surface area contributed by atoms with Crippen LogP contribution in [0.4, 0.5) is 0 Å². The maximum atomic E-state index is 5.83. The number of aryl methyl sites for hydroxylation is 1. The highest BCUT2D eigenvalue weighted by Gasteiger charge is 2.21. The number of nitrogens with zero attached hydrogens (tertiary/aromatic N) is 2. The molecule has 0 unspecified atom stereocenters. The molecule has 1 aliphatic heterocycles. The van der Waals surface area contributed by atoms with E-state index in [4.69, 9.17) is 13.9 Å². The van der Waals surface area contributed by atoms with Crippen LogP contribution < -0.4 is 0 Å². The van der Waals surface area contributed by atoms with Crippen molar-refractivity contribution < 1.29 is 13.9 Å². The second kappa shape index (κ2) is 6.93. The van der Waals surface area contributed by atoms with Gasteiger partial charge >= 0.3 is 0 Å². The van der Waals surface area contributed by atoms with E-state index in [2.05, 4.69) is 23.2 Å². The van der Waals surface area contributed by atoms with Gasteiger partial charge in [-0.2, -0.15) is 0 Å². The summed E-state index contributed by atoms with van der Waals surface area (Å²) in [4.78, 5) is 2.59. The van der Waals surface area contributed by atoms with E-state index in [9.17, 15) is 0 Å². The normalized spacial score (nSPS) is 24.6. The van der Waals surface area contributed by atoms with Gasteiger partial charge in [0.1, 0.15) is 6.79 Å². The second-order valence-electron chi connectivity index (χ2n) is 6.19. The summed E-state index contributed by atoms with van der Waals surface area (Å²) in [6.45, 7) is 3.47. The number of hydrogen-bond donors (Lipinski definition) is 0. The summed E-state index contributed by atoms with van der Waals surface area (Å²) in [7, 11) is 0. The van der Waals surface area contributed by atoms with Crippen LogP contribution in [0.2, 0.25) is 0 Å². The van der Waals surface area contributed by atoms with E-state index in [1.807, 2.05) is 0 Å². The van der Waals surface area contributed by atoms with Gasteiger partial charge in [-0.3, -0.25) is 0 Å². The summed E-state index contributed by atoms with van der Waals surface area (Å²) in [6, 6.07) is 2.24. The molecule has 0 amide bonds. The topological polar surface area (TPSA) is 57.4 Å². The van der Waals surface area contributed by atoms with Gasteiger partial charge in [0.25, 0.3) is 11.1 Å². The third kappa shape index (κ3) is 3.63. The molecule has 0 aromatic carbocycles. The molecule has 4 rings (SSSR count). The molecular formula is C16H20N2O3S2. The molecule has 2 atom stereocenters. The molecule has 0 spiro atoms. The minimum atomic E-state index is 0.208. The van der Waals surface area contributed by atoms with Crippen LogP contribution in [0.15, 0.2) is 15.7 Å². The lowest BCUT2D eigenvalue weighted by molar-refractivity contribution is -0.130. The van der Waals surface area contributed by atoms with Crippen LogP contribution in [0, 0.1) is 5.92 Å². The molecule has 3 heterocycles. The first kappa shape index (κ1) is 15.6. The predicted molar refractivity (Wildman–Crippen MR) is 89.8 cm³/mol. The number of hydrogen-bond acceptors (Lipinski definition) is 7. The minimum absolute atomic E-state index is 0.208. The lowest BCUT2D eigenvalue weighted by Gasteiger charge is -2.21. The summed E-state index contributed by atoms with van der Waals surface area (Å²) in [6.07, 6.45) is 4.76. The van der Waals surface area contributed by atoms with E-state index < -0.39 is 0 Å². The van der Waals surface area contributed by atoms with Crippen LogP contribution in [-0.2, 0) is 22.3 Å². The monoisotopic (exact) mass is 352 g/mol. The Bertz CT molecular complexity index is 664. The number of ether oxygens (including phenoxy) is 2. The molecule has 0 N–H and O–H groups in total. The van der Waals surface area contributed by atoms with Crippen molar-refractivity contribution in [1.82, 2.24) is 10.2 Å². The zero-order valence-corrected chi connectivity index (χ0v) is 14.8. The summed E-state index contributed by atoms with van der Waals surface area (Å²) < 4.78 is 16.5. The summed E-state index contributed by atoms with van der Waals surface area (Å²) in [5.74, 6) is 2.24. The van der Waals surface area contributed by atoms with E-state index in [-0.39, 0.29) is 6.10 Å². The highest BCUT2D eigenvalue weighted by atomic mass is 32.2. The first-order chi connectivity index (χ1) is 11.3. The van der Waals surface area contributed by atoms with Crippen molar-refractivity contribution in [3.63, 3.8) is 0 Å². The van der Waals surface area contributed by atoms with Crippen molar-refractivity contribution in [2.24, 2.45) is 5.92 Å². The zero-order valence-electron chi connectivity index (χ0n) is 13.1. The smallest absolute Gasteiger partial charge is 0.276 e. The lowest BCUT2D eigenvalue weighted by Crippen LogP contribution is -2.25. The van der Waals surface area contributed by atoms with Gasteiger partial charge in [-0.1, -0.05) is 18.7 Å². The van der Waals surface area contributed by atoms with Gasteiger partial charge in [-0.15, -0.1) is 21.5 Å². The van der Waals surface area contributed by atoms with E-state index in [0.29, 0.717) is 17.9 Å². The number of thioether (sulfide) groups is 1. The molecule has 0 saturated carbocycles. The molecule has 2 aromatic rings. The van der Waals surface area contributed by atoms with Crippen molar-refractivity contribution in [1.29, 1.82) is 0 Å². The maximum Gasteiger partial charge on any atom is 0.276 e. The van der Waals surface area contributed by atoms with Crippen molar-refractivity contribution in [2.75, 3.05) is 19.2 Å². The number of thiophene rings is 1. The fraction of sp³-hybridized carbons (Fsp3) is 0.625. The van der Waals surface area contributed by atoms with E-state index in [0.717, 1.165) is 29.6 Å². The Morgan fingerprint density at radius 3 is 3.17 bits per heavy atom. The highest BCUT2D eigenvalue weighted by molar-refractivity contribution is 7.99. The molecule has 23 heavy (non-hydrogen) atoms. The Hall–Kier alpha value is -0.890. The van der Waals surface area contributed by atoms with E-state index in [1.165, 1.54) is 29.7 Å². The number of aromatic nitrogens is 2. The fourth-order valence-corrected chi connectivity index (χ4v) is 4.93. The highest BCUT2D eigenvalue weighted by Crippen LogP contribution is 2.37. The van der Waals surface area contributed by atoms with Gasteiger partial charge in [-0.25, -0.2) is 0 Å². The molecule has 1 aliphatic carbocycles. The van der Waals surface area contributed by atoms with Gasteiger partial charge < -0.3 is 13.9 Å². The third-order valence-corrected chi connectivity index (χ3v) is 6.49. The number of fused-ring (bicyclic) bond motifs is 1. The summed E-state index contributed by atoms with van der Waals surface area (Å²) in [5.41, 5.74) is 1.46. The molecule has 2 aromatic heterocycles. The molecular weight excluding hydrogens is 332 g/mol. The van der Waals surface area contributed by atoms with Crippen molar-refractivity contribution in [3.8, 4) is 10.8 Å². The molecule has 0 radical (unpaired) electrons. The largest absolute Gasteiger partial charge is 0.410 e. The Labute approximate surface area is 143 Å². The molecule has 7 heteroatoms. The van der Waals surface area contributed by atoms with Gasteiger partial charge in [-0.05, 0) is 43.2 Å². The minimum Gasteiger partial charge on any atom is -0.410 e. The second-order valence-corrected chi connectivity index (χ2v) is 8.30. The fourth-order valence-electron chi connectivity index (χ4n) is 2.98. The van der Waals surface area contributed by atoms with Gasteiger partial charge in [0.2, 0.25) is 0 Å². The Morgan fingerprint density at radius 1 is 1.35 bits per heavy atom. The average Bonchev–Trinajstić information content (AvgIpc) is 3.20. The van der Waals surface area contributed by atoms with Gasteiger partial charge in [0.15, 0.2) is 0 Å². The maximum absolute atomic E-state index is 5.83. The Balaban J connectivity index is 1.41. The van der Waals surface area contributed by atoms with Crippen LogP contribution in [-0.4, -0.2) is 35.5 Å². The van der Waals surface area contributed by atoms with Crippen molar-refractivity contribution in [3.05, 3.63) is 16.5 Å². The third-order valence-electron chi connectivity index (χ3n) is 4.31. The average molecular weight is 352 g/mol. The van der Waals surface area contributed by atoms with Crippen LogP contribution in [0.1, 0.15) is 30.2 Å². The van der Waals surface area contributed by atoms with Crippen molar-refractivity contribution in [2.45, 2.75) is 43.9 Å². The van der Waals surface area contributed by atoms with Crippen LogP contribution in [0.5, 0.6) is 0 Å². The van der Waals surface area contributed by atoms with E-state index in [1.54, 1.807) is 23.1 Å². The number of rotatable bonds is 4. The van der Waals surface area contributed by atoms with E-state index >= 15 is 0 Å². The SMILES string of the molecule is C[C@@H]1CCc2sc(-c3nnc(SC[C@H]4CCOCO4)o3)cc2C1. The van der Waals surface area contributed by atoms with Crippen molar-refractivity contribution >= 4 is 23.1 Å². The summed E-state index contributed by atoms with van der Waals surface area (Å²) in [5, 5.41) is 9.00. The molecule has 0 bridgehead atoms.